The zero-order valence-electron chi connectivity index (χ0n) is 10.7. The molecule has 0 aliphatic rings. The molecule has 0 saturated carbocycles. The molecular formula is C15H25N. The second kappa shape index (κ2) is 8.35. The average Bonchev–Trinajstić information content (AvgIpc) is 2.34. The van der Waals surface area contributed by atoms with E-state index in [1.807, 2.05) is 0 Å². The van der Waals surface area contributed by atoms with E-state index in [4.69, 9.17) is 0 Å². The van der Waals surface area contributed by atoms with Crippen LogP contribution >= 0.6 is 0 Å². The van der Waals surface area contributed by atoms with Gasteiger partial charge in [0.15, 0.2) is 0 Å². The van der Waals surface area contributed by atoms with Gasteiger partial charge in [0.2, 0.25) is 0 Å². The van der Waals surface area contributed by atoms with Crippen LogP contribution in [0.5, 0.6) is 0 Å². The molecule has 1 aromatic rings. The predicted molar refractivity (Wildman–Crippen MR) is 71.8 cm³/mol. The lowest BCUT2D eigenvalue weighted by Crippen LogP contribution is -2.27. The summed E-state index contributed by atoms with van der Waals surface area (Å²) in [5.74, 6) is 0. The molecule has 1 N–H and O–H groups in total. The average molecular weight is 219 g/mol. The number of rotatable bonds is 8. The molecule has 0 bridgehead atoms. The minimum atomic E-state index is 0.723. The van der Waals surface area contributed by atoms with Crippen molar-refractivity contribution in [3.05, 3.63) is 35.9 Å². The molecule has 0 radical (unpaired) electrons. The normalized spacial score (nSPS) is 12.6. The highest BCUT2D eigenvalue weighted by Gasteiger charge is 2.03. The Morgan fingerprint density at radius 1 is 1.06 bits per heavy atom. The first-order valence-corrected chi connectivity index (χ1v) is 6.64. The molecule has 0 aliphatic heterocycles. The Morgan fingerprint density at radius 2 is 1.81 bits per heavy atom. The standard InChI is InChI=1S/C15H25N/c1-3-15(16-4-2)13-9-8-12-14-10-6-5-7-11-14/h5-7,10-11,15-16H,3-4,8-9,12-13H2,1-2H3. The lowest BCUT2D eigenvalue weighted by molar-refractivity contribution is 0.460. The molecule has 0 aromatic heterocycles. The maximum absolute atomic E-state index is 3.53. The lowest BCUT2D eigenvalue weighted by Gasteiger charge is -2.15. The maximum Gasteiger partial charge on any atom is 0.00643 e. The van der Waals surface area contributed by atoms with Gasteiger partial charge in [-0.1, -0.05) is 50.6 Å². The van der Waals surface area contributed by atoms with Crippen LogP contribution in [-0.4, -0.2) is 12.6 Å². The highest BCUT2D eigenvalue weighted by Crippen LogP contribution is 2.09. The molecule has 1 rings (SSSR count). The van der Waals surface area contributed by atoms with Crippen LogP contribution in [-0.2, 0) is 6.42 Å². The van der Waals surface area contributed by atoms with Gasteiger partial charge in [-0.2, -0.15) is 0 Å². The highest BCUT2D eigenvalue weighted by atomic mass is 14.9. The SMILES string of the molecule is CCNC(CC)CCCCc1ccccc1. The summed E-state index contributed by atoms with van der Waals surface area (Å²) in [5, 5.41) is 3.53. The topological polar surface area (TPSA) is 12.0 Å². The van der Waals surface area contributed by atoms with Crippen LogP contribution in [0.4, 0.5) is 0 Å². The van der Waals surface area contributed by atoms with Crippen molar-refractivity contribution in [2.24, 2.45) is 0 Å². The molecular weight excluding hydrogens is 194 g/mol. The summed E-state index contributed by atoms with van der Waals surface area (Å²) < 4.78 is 0. The van der Waals surface area contributed by atoms with Crippen molar-refractivity contribution in [1.29, 1.82) is 0 Å². The summed E-state index contributed by atoms with van der Waals surface area (Å²) in [5.41, 5.74) is 1.47. The molecule has 0 fully saturated rings. The Balaban J connectivity index is 2.11. The summed E-state index contributed by atoms with van der Waals surface area (Å²) in [4.78, 5) is 0. The summed E-state index contributed by atoms with van der Waals surface area (Å²) in [6, 6.07) is 11.5. The Labute approximate surface area is 100 Å². The molecule has 0 spiro atoms. The Hall–Kier alpha value is -0.820. The molecule has 1 aromatic carbocycles. The van der Waals surface area contributed by atoms with Crippen molar-refractivity contribution in [3.8, 4) is 0 Å². The van der Waals surface area contributed by atoms with Crippen LogP contribution in [0.25, 0.3) is 0 Å². The minimum absolute atomic E-state index is 0.723. The summed E-state index contributed by atoms with van der Waals surface area (Å²) in [6.07, 6.45) is 6.44. The fourth-order valence-electron chi connectivity index (χ4n) is 2.10. The molecule has 1 heteroatoms. The predicted octanol–water partition coefficient (Wildman–Crippen LogP) is 3.79. The highest BCUT2D eigenvalue weighted by molar-refractivity contribution is 5.14. The third-order valence-corrected chi connectivity index (χ3v) is 3.10. The molecule has 90 valence electrons. The maximum atomic E-state index is 3.53. The van der Waals surface area contributed by atoms with Gasteiger partial charge in [-0.15, -0.1) is 0 Å². The number of nitrogens with one attached hydrogen (secondary N) is 1. The minimum Gasteiger partial charge on any atom is -0.314 e. The quantitative estimate of drug-likeness (QED) is 0.656. The largest absolute Gasteiger partial charge is 0.314 e. The monoisotopic (exact) mass is 219 g/mol. The van der Waals surface area contributed by atoms with E-state index in [0.717, 1.165) is 12.6 Å². The fourth-order valence-corrected chi connectivity index (χ4v) is 2.10. The van der Waals surface area contributed by atoms with Crippen LogP contribution < -0.4 is 5.32 Å². The van der Waals surface area contributed by atoms with Gasteiger partial charge >= 0.3 is 0 Å². The van der Waals surface area contributed by atoms with Gasteiger partial charge in [0.05, 0.1) is 0 Å². The van der Waals surface area contributed by atoms with Crippen molar-refractivity contribution >= 4 is 0 Å². The summed E-state index contributed by atoms with van der Waals surface area (Å²) in [7, 11) is 0. The smallest absolute Gasteiger partial charge is 0.00643 e. The fraction of sp³-hybridized carbons (Fsp3) is 0.600. The lowest BCUT2D eigenvalue weighted by atomic mass is 10.0. The van der Waals surface area contributed by atoms with E-state index >= 15 is 0 Å². The number of benzene rings is 1. The van der Waals surface area contributed by atoms with Crippen LogP contribution in [0.3, 0.4) is 0 Å². The van der Waals surface area contributed by atoms with E-state index in [2.05, 4.69) is 49.5 Å². The number of hydrogen-bond donors (Lipinski definition) is 1. The molecule has 0 saturated heterocycles. The van der Waals surface area contributed by atoms with E-state index < -0.39 is 0 Å². The van der Waals surface area contributed by atoms with Crippen molar-refractivity contribution in [3.63, 3.8) is 0 Å². The van der Waals surface area contributed by atoms with Crippen molar-refractivity contribution in [2.45, 2.75) is 52.0 Å². The zero-order valence-corrected chi connectivity index (χ0v) is 10.7. The number of unbranched alkanes of at least 4 members (excludes halogenated alkanes) is 1. The first kappa shape index (κ1) is 13.2. The van der Waals surface area contributed by atoms with Crippen LogP contribution in [0.1, 0.15) is 45.1 Å². The van der Waals surface area contributed by atoms with Gasteiger partial charge in [0.25, 0.3) is 0 Å². The summed E-state index contributed by atoms with van der Waals surface area (Å²) >= 11 is 0. The summed E-state index contributed by atoms with van der Waals surface area (Å²) in [6.45, 7) is 5.55. The van der Waals surface area contributed by atoms with Crippen molar-refractivity contribution in [2.75, 3.05) is 6.54 Å². The van der Waals surface area contributed by atoms with Gasteiger partial charge in [-0.05, 0) is 37.8 Å². The first-order chi connectivity index (χ1) is 7.86. The second-order valence-electron chi connectivity index (χ2n) is 4.39. The van der Waals surface area contributed by atoms with Gasteiger partial charge in [0, 0.05) is 6.04 Å². The van der Waals surface area contributed by atoms with Crippen molar-refractivity contribution in [1.82, 2.24) is 5.32 Å². The molecule has 0 heterocycles. The van der Waals surface area contributed by atoms with E-state index in [9.17, 15) is 0 Å². The number of hydrogen-bond acceptors (Lipinski definition) is 1. The molecule has 0 amide bonds. The van der Waals surface area contributed by atoms with E-state index in [0.29, 0.717) is 0 Å². The Morgan fingerprint density at radius 3 is 2.44 bits per heavy atom. The van der Waals surface area contributed by atoms with Gasteiger partial charge in [-0.3, -0.25) is 0 Å². The zero-order chi connectivity index (χ0) is 11.6. The Bertz CT molecular complexity index is 255. The van der Waals surface area contributed by atoms with Gasteiger partial charge in [0.1, 0.15) is 0 Å². The van der Waals surface area contributed by atoms with Crippen molar-refractivity contribution < 1.29 is 0 Å². The second-order valence-corrected chi connectivity index (χ2v) is 4.39. The molecule has 1 nitrogen and oxygen atoms in total. The first-order valence-electron chi connectivity index (χ1n) is 6.64. The van der Waals surface area contributed by atoms with Gasteiger partial charge < -0.3 is 5.32 Å². The molecule has 1 atom stereocenters. The number of aryl methyl sites for hydroxylation is 1. The van der Waals surface area contributed by atoms with Crippen LogP contribution in [0, 0.1) is 0 Å². The Kier molecular flexibility index (Phi) is 6.91. The molecule has 16 heavy (non-hydrogen) atoms. The molecule has 0 aliphatic carbocycles. The van der Waals surface area contributed by atoms with E-state index in [-0.39, 0.29) is 0 Å². The third kappa shape index (κ3) is 5.32. The van der Waals surface area contributed by atoms with Crippen LogP contribution in [0.15, 0.2) is 30.3 Å². The van der Waals surface area contributed by atoms with E-state index in [1.54, 1.807) is 0 Å². The van der Waals surface area contributed by atoms with Gasteiger partial charge in [-0.25, -0.2) is 0 Å². The van der Waals surface area contributed by atoms with E-state index in [1.165, 1.54) is 37.7 Å². The molecule has 1 unspecified atom stereocenters. The third-order valence-electron chi connectivity index (χ3n) is 3.10. The van der Waals surface area contributed by atoms with Crippen LogP contribution in [0.2, 0.25) is 0 Å².